The Morgan fingerprint density at radius 2 is 0.848 bits per heavy atom. The van der Waals surface area contributed by atoms with Gasteiger partial charge in [0, 0.05) is 146 Å². The summed E-state index contributed by atoms with van der Waals surface area (Å²) in [5, 5.41) is 123. The van der Waals surface area contributed by atoms with Gasteiger partial charge in [0.15, 0.2) is 34.5 Å². The molecule has 684 valence electrons. The molecule has 0 bridgehead atoms. The lowest BCUT2D eigenvalue weighted by Crippen LogP contribution is -2.53. The first kappa shape index (κ1) is 108. The van der Waals surface area contributed by atoms with Crippen molar-refractivity contribution in [2.24, 2.45) is 0 Å². The molecule has 0 aromatic heterocycles. The summed E-state index contributed by atoms with van der Waals surface area (Å²) in [6.07, 6.45) is 8.41. The van der Waals surface area contributed by atoms with Gasteiger partial charge in [0.25, 0.3) is 11.8 Å². The van der Waals surface area contributed by atoms with Gasteiger partial charge in [-0.3, -0.25) is 81.8 Å². The van der Waals surface area contributed by atoms with Gasteiger partial charge in [0.1, 0.15) is 0 Å². The summed E-state index contributed by atoms with van der Waals surface area (Å²) in [5.41, 5.74) is 10.3. The summed E-state index contributed by atoms with van der Waals surface area (Å²) < 4.78 is 15.5. The fourth-order valence-corrected chi connectivity index (χ4v) is 12.0. The molecule has 0 radical (unpaired) electrons. The Hall–Kier alpha value is -13.4. The molecule has 5 aromatic carbocycles. The SMILES string of the molecule is CCN(CC)CC.CN1CCN(CC(=O)O)CCN(CC(=O)O)CC(c2ccc(NC(=O)/C=C/c3ccc(O)c(O)c3)cc2)N(C)CC1.Nc1ccc(CC2CN(CC(=O)O)CCN(CC(=O)O)CCN(CC(=O)O)CCN2CC(=O)O)cc1.O=C(/C=C/c1ccc(O)c(O)c1)ON1C(=O)CCC1=O.O=C(O)/C=C/c1ccc(O)c(O)c1.O=C=O.O=C=O.[2H]CF. The van der Waals surface area contributed by atoms with Gasteiger partial charge < -0.3 is 92.1 Å². The fraction of sp³-hybridized carbons (Fsp3) is 0.410. The number of nitrogens with zero attached hydrogens (tertiary/aromatic N) is 10. The van der Waals surface area contributed by atoms with Crippen LogP contribution in [0.5, 0.6) is 34.5 Å². The molecule has 3 amide bonds. The van der Waals surface area contributed by atoms with Gasteiger partial charge in [-0.1, -0.05) is 63.2 Å². The van der Waals surface area contributed by atoms with Gasteiger partial charge in [0.2, 0.25) is 5.91 Å². The van der Waals surface area contributed by atoms with Gasteiger partial charge in [-0.15, -0.1) is 5.06 Å². The highest BCUT2D eigenvalue weighted by atomic mass is 19.1. The van der Waals surface area contributed by atoms with Crippen molar-refractivity contribution in [3.63, 3.8) is 0 Å². The Bertz CT molecular complexity index is 4400. The van der Waals surface area contributed by atoms with Crippen molar-refractivity contribution in [1.29, 1.82) is 0 Å². The number of halogens is 1. The number of alkyl halides is 1. The Morgan fingerprint density at radius 3 is 1.23 bits per heavy atom. The van der Waals surface area contributed by atoms with Gasteiger partial charge in [-0.25, -0.2) is 9.59 Å². The zero-order valence-electron chi connectivity index (χ0n) is 70.8. The maximum absolute atomic E-state index is 12.4. The number of hydrogen-bond acceptors (Lipinski definition) is 32. The zero-order chi connectivity index (χ0) is 95.0. The van der Waals surface area contributed by atoms with E-state index in [1.54, 1.807) is 49.9 Å². The van der Waals surface area contributed by atoms with Crippen LogP contribution < -0.4 is 11.1 Å². The van der Waals surface area contributed by atoms with Crippen molar-refractivity contribution < 1.29 is 149 Å². The number of nitrogens with two attached hydrogens (primary N) is 1. The number of aliphatic carboxylic acids is 7. The van der Waals surface area contributed by atoms with Crippen LogP contribution in [0, 0.1) is 0 Å². The molecule has 3 aliphatic heterocycles. The number of amides is 3. The largest absolute Gasteiger partial charge is 0.504 e. The highest BCUT2D eigenvalue weighted by Crippen LogP contribution is 2.29. The first-order valence-electron chi connectivity index (χ1n) is 39.2. The van der Waals surface area contributed by atoms with Gasteiger partial charge in [0.05, 0.1) is 47.8 Å². The number of benzene rings is 5. The molecule has 125 heavy (non-hydrogen) atoms. The van der Waals surface area contributed by atoms with E-state index in [0.717, 1.165) is 36.4 Å². The van der Waals surface area contributed by atoms with Crippen LogP contribution in [0.3, 0.4) is 0 Å². The van der Waals surface area contributed by atoms with Crippen LogP contribution in [-0.4, -0.2) is 371 Å². The zero-order valence-corrected chi connectivity index (χ0v) is 69.8. The number of rotatable bonds is 26. The number of aromatic hydroxyl groups is 6. The highest BCUT2D eigenvalue weighted by molar-refractivity contribution is 6.03. The first-order chi connectivity index (χ1) is 59.7. The average molecular weight is 1760 g/mol. The summed E-state index contributed by atoms with van der Waals surface area (Å²) in [6.45, 7) is 14.5. The van der Waals surface area contributed by atoms with Crippen LogP contribution in [0.1, 0.15) is 68.8 Å². The number of phenols is 6. The third kappa shape index (κ3) is 47.6. The molecule has 3 saturated heterocycles. The average Bonchev–Trinajstić information content (AvgIpc) is 1.10. The van der Waals surface area contributed by atoms with Crippen LogP contribution in [-0.2, 0) is 83.2 Å². The quantitative estimate of drug-likeness (QED) is 0.0164. The topological polar surface area (TPSA) is 599 Å². The summed E-state index contributed by atoms with van der Waals surface area (Å²) in [5.74, 6) is -11.1. The van der Waals surface area contributed by atoms with Crippen molar-refractivity contribution in [3.05, 3.63) is 149 Å². The summed E-state index contributed by atoms with van der Waals surface area (Å²) in [4.78, 5) is 180. The number of nitrogen functional groups attached to an aromatic ring is 1. The number of carboxylic acid groups (broad SMARTS) is 7. The lowest BCUT2D eigenvalue weighted by Gasteiger charge is -2.37. The molecule has 3 fully saturated rings. The highest BCUT2D eigenvalue weighted by Gasteiger charge is 2.33. The minimum atomic E-state index is -1.06. The molecule has 8 rings (SSSR count). The van der Waals surface area contributed by atoms with E-state index in [1.165, 1.54) is 92.5 Å². The van der Waals surface area contributed by atoms with E-state index in [-0.39, 0.29) is 157 Å². The Balaban J connectivity index is 0.000000837. The smallest absolute Gasteiger partial charge is 0.373 e. The molecule has 16 N–H and O–H groups in total. The van der Waals surface area contributed by atoms with Crippen molar-refractivity contribution in [2.75, 3.05) is 183 Å². The van der Waals surface area contributed by atoms with Crippen LogP contribution in [0.4, 0.5) is 15.8 Å². The molecule has 0 aliphatic carbocycles. The third-order valence-electron chi connectivity index (χ3n) is 18.4. The molecular formula is C83H111FN12O29. The van der Waals surface area contributed by atoms with E-state index in [2.05, 4.69) is 45.6 Å². The number of carbonyl (C=O) groups excluding carboxylic acids is 8. The maximum atomic E-state index is 12.4. The molecule has 5 aromatic rings. The van der Waals surface area contributed by atoms with E-state index in [1.807, 2.05) is 48.2 Å². The maximum Gasteiger partial charge on any atom is 0.373 e. The second-order valence-electron chi connectivity index (χ2n) is 27.5. The van der Waals surface area contributed by atoms with Gasteiger partial charge >= 0.3 is 60.1 Å². The number of phenolic OH excluding ortho intramolecular Hbond substituents is 6. The molecule has 0 spiro atoms. The van der Waals surface area contributed by atoms with E-state index >= 15 is 0 Å². The lowest BCUT2D eigenvalue weighted by atomic mass is 10.0. The minimum absolute atomic E-state index is 0.0294. The number of likely N-dealkylation sites (N-methyl/N-ethyl adjacent to an activating group) is 2. The number of nitrogens with one attached hydrogen (secondary N) is 1. The molecular weight excluding hydrogens is 1650 g/mol. The van der Waals surface area contributed by atoms with E-state index in [0.29, 0.717) is 72.3 Å². The second kappa shape index (κ2) is 61.0. The molecule has 2 atom stereocenters. The molecule has 3 aliphatic rings. The number of hydrogen-bond donors (Lipinski definition) is 15. The van der Waals surface area contributed by atoms with E-state index < -0.39 is 72.8 Å². The van der Waals surface area contributed by atoms with Crippen LogP contribution in [0.15, 0.2) is 121 Å². The van der Waals surface area contributed by atoms with Crippen molar-refractivity contribution in [1.82, 2.24) is 49.2 Å². The van der Waals surface area contributed by atoms with Gasteiger partial charge in [-0.2, -0.15) is 19.2 Å². The lowest BCUT2D eigenvalue weighted by molar-refractivity contribution is -0.193. The van der Waals surface area contributed by atoms with Crippen molar-refractivity contribution >= 4 is 107 Å². The fourth-order valence-electron chi connectivity index (χ4n) is 12.0. The first-order valence-corrected chi connectivity index (χ1v) is 38.4. The predicted molar refractivity (Wildman–Crippen MR) is 448 cm³/mol. The molecule has 42 heteroatoms. The van der Waals surface area contributed by atoms with Crippen LogP contribution >= 0.6 is 0 Å². The Labute approximate surface area is 721 Å². The molecule has 3 heterocycles. The minimum Gasteiger partial charge on any atom is -0.504 e. The van der Waals surface area contributed by atoms with E-state index in [4.69, 9.17) is 46.7 Å². The predicted octanol–water partition coefficient (Wildman–Crippen LogP) is 2.86. The van der Waals surface area contributed by atoms with Crippen LogP contribution in [0.2, 0.25) is 0 Å². The molecule has 2 unspecified atom stereocenters. The van der Waals surface area contributed by atoms with Crippen LogP contribution in [0.25, 0.3) is 18.2 Å². The summed E-state index contributed by atoms with van der Waals surface area (Å²) in [6, 6.07) is 26.3. The number of carbonyl (C=O) groups is 11. The van der Waals surface area contributed by atoms with Gasteiger partial charge in [-0.05, 0) is 147 Å². The number of carboxylic acids is 7. The standard InChI is InChI=1S/C29H39N5O7.C23H35N5O8.C13H11NO6.C9H8O4.C6H15N.CH3F.2CO2/c1-31-11-13-32(2)24(18-34(20-29(40)41)16-15-33(14-12-31)19-28(38)39)22-5-7-23(8-6-22)30-27(37)10-4-21-3-9-25(35)26(36)17-21;24-18-3-1-17(2-4-18)11-19-12-27(15-22(33)34)8-7-25(13-20(29)30)5-6-26(14-21(31)32)9-10-28(19)16-23(35)36;15-9-3-1-8(7-10(9)16)2-6-13(19)20-14-11(17)4-5-12(14)18;10-7-3-1-6(5-8(7)11)2-4-9(12)13;1-4-7(5-2)6-3;1-2;2*2-1-3/h3-10,17,24,35-36H,11-16,18-20H2,1-2H3,(H,30,37)(H,38,39)(H,40,41);1-4,19H,5-16,24H2,(H,29,30)(H,31,32)(H,33,34)(H,35,36);1-3,6-7,15-16H,4-5H2;1-5,10-11H,(H,12,13);4-6H2,1-3H3;1H3;;/b10-4+;;6-2+;4-2+;;;;/i;;;;;1D;;. The normalized spacial score (nSPS) is 16.2. The summed E-state index contributed by atoms with van der Waals surface area (Å²) >= 11 is 0. The number of hydroxylamine groups is 2. The number of imide groups is 1. The van der Waals surface area contributed by atoms with E-state index in [9.17, 15) is 103 Å². The Morgan fingerprint density at radius 1 is 0.488 bits per heavy atom. The molecule has 0 saturated carbocycles. The number of anilines is 2. The third-order valence-corrected chi connectivity index (χ3v) is 18.4. The second-order valence-corrected chi connectivity index (χ2v) is 27.5. The molecule has 41 nitrogen and oxygen atoms in total. The van der Waals surface area contributed by atoms with Crippen molar-refractivity contribution in [3.8, 4) is 34.5 Å². The summed E-state index contributed by atoms with van der Waals surface area (Å²) in [7, 11) is 3.00. The van der Waals surface area contributed by atoms with Crippen molar-refractivity contribution in [2.45, 2.75) is 52.1 Å². The monoisotopic (exact) mass is 1760 g/mol. The Kier molecular flexibility index (Phi) is 52.6.